The van der Waals surface area contributed by atoms with Crippen LogP contribution in [0.2, 0.25) is 0 Å². The average molecular weight is 361 g/mol. The molecule has 0 aliphatic heterocycles. The lowest BCUT2D eigenvalue weighted by Gasteiger charge is -2.14. The Labute approximate surface area is 150 Å². The molecule has 0 aromatic heterocycles. The molecule has 7 heteroatoms. The molecule has 138 valence electrons. The van der Waals surface area contributed by atoms with Gasteiger partial charge < -0.3 is 19.5 Å². The molecule has 0 aliphatic carbocycles. The topological polar surface area (TPSA) is 73.9 Å². The summed E-state index contributed by atoms with van der Waals surface area (Å²) in [5.74, 6) is -1.12. The molecular weight excluding hydrogens is 341 g/mol. The number of ether oxygens (including phenoxy) is 3. The van der Waals surface area contributed by atoms with Crippen LogP contribution in [0, 0.1) is 5.82 Å². The molecule has 1 N–H and O–H groups in total. The molecule has 0 unspecified atom stereocenters. The lowest BCUT2D eigenvalue weighted by atomic mass is 10.2. The van der Waals surface area contributed by atoms with E-state index in [0.29, 0.717) is 0 Å². The van der Waals surface area contributed by atoms with E-state index in [1.807, 2.05) is 12.1 Å². The van der Waals surface area contributed by atoms with E-state index < -0.39 is 30.4 Å². The normalized spacial score (nSPS) is 11.3. The molecule has 26 heavy (non-hydrogen) atoms. The fourth-order valence-electron chi connectivity index (χ4n) is 2.06. The van der Waals surface area contributed by atoms with E-state index in [2.05, 4.69) is 5.32 Å². The third kappa shape index (κ3) is 5.77. The molecule has 2 aromatic carbocycles. The van der Waals surface area contributed by atoms with Gasteiger partial charge in [-0.1, -0.05) is 24.3 Å². The van der Waals surface area contributed by atoms with Crippen LogP contribution in [0.3, 0.4) is 0 Å². The summed E-state index contributed by atoms with van der Waals surface area (Å²) in [7, 11) is 1.57. The van der Waals surface area contributed by atoms with Crippen molar-refractivity contribution >= 4 is 11.9 Å². The number of rotatable bonds is 8. The van der Waals surface area contributed by atoms with Crippen molar-refractivity contribution in [3.63, 3.8) is 0 Å². The SMILES string of the molecule is COc1ccc(CNC(=O)[C@@H](C)OC(=O)COc2ccccc2F)cc1. The highest BCUT2D eigenvalue weighted by atomic mass is 19.1. The Bertz CT molecular complexity index is 748. The largest absolute Gasteiger partial charge is 0.497 e. The van der Waals surface area contributed by atoms with Crippen molar-refractivity contribution in [1.29, 1.82) is 0 Å². The number of carbonyl (C=O) groups excluding carboxylic acids is 2. The minimum absolute atomic E-state index is 0.0546. The molecule has 6 nitrogen and oxygen atoms in total. The van der Waals surface area contributed by atoms with Crippen molar-refractivity contribution in [2.24, 2.45) is 0 Å². The van der Waals surface area contributed by atoms with Gasteiger partial charge in [0.2, 0.25) is 0 Å². The van der Waals surface area contributed by atoms with Crippen LogP contribution in [0.25, 0.3) is 0 Å². The van der Waals surface area contributed by atoms with E-state index in [-0.39, 0.29) is 12.3 Å². The lowest BCUT2D eigenvalue weighted by Crippen LogP contribution is -2.36. The Hall–Kier alpha value is -3.09. The molecule has 2 aromatic rings. The van der Waals surface area contributed by atoms with Crippen LogP contribution in [0.5, 0.6) is 11.5 Å². The van der Waals surface area contributed by atoms with Crippen LogP contribution >= 0.6 is 0 Å². The predicted octanol–water partition coefficient (Wildman–Crippen LogP) is 2.46. The molecule has 0 saturated carbocycles. The fraction of sp³-hybridized carbons (Fsp3) is 0.263. The van der Waals surface area contributed by atoms with Gasteiger partial charge in [-0.3, -0.25) is 4.79 Å². The van der Waals surface area contributed by atoms with Gasteiger partial charge in [0, 0.05) is 6.54 Å². The summed E-state index contributed by atoms with van der Waals surface area (Å²) in [4.78, 5) is 23.7. The Morgan fingerprint density at radius 2 is 1.81 bits per heavy atom. The smallest absolute Gasteiger partial charge is 0.344 e. The molecule has 0 bridgehead atoms. The summed E-state index contributed by atoms with van der Waals surface area (Å²) in [6, 6.07) is 12.9. The van der Waals surface area contributed by atoms with E-state index in [9.17, 15) is 14.0 Å². The minimum atomic E-state index is -0.995. The Morgan fingerprint density at radius 1 is 1.12 bits per heavy atom. The van der Waals surface area contributed by atoms with Crippen molar-refractivity contribution in [2.75, 3.05) is 13.7 Å². The molecule has 0 fully saturated rings. The highest BCUT2D eigenvalue weighted by Crippen LogP contribution is 2.15. The van der Waals surface area contributed by atoms with E-state index >= 15 is 0 Å². The highest BCUT2D eigenvalue weighted by molar-refractivity contribution is 5.83. The molecular formula is C19H20FNO5. The van der Waals surface area contributed by atoms with E-state index in [0.717, 1.165) is 11.3 Å². The summed E-state index contributed by atoms with van der Waals surface area (Å²) in [5.41, 5.74) is 0.876. The number of amides is 1. The fourth-order valence-corrected chi connectivity index (χ4v) is 2.06. The number of hydrogen-bond donors (Lipinski definition) is 1. The Kier molecular flexibility index (Phi) is 6.96. The van der Waals surface area contributed by atoms with Crippen LogP contribution in [-0.2, 0) is 20.9 Å². The first-order valence-electron chi connectivity index (χ1n) is 7.97. The monoisotopic (exact) mass is 361 g/mol. The first-order valence-corrected chi connectivity index (χ1v) is 7.97. The van der Waals surface area contributed by atoms with Gasteiger partial charge in [-0.25, -0.2) is 9.18 Å². The highest BCUT2D eigenvalue weighted by Gasteiger charge is 2.18. The number of nitrogens with one attached hydrogen (secondary N) is 1. The van der Waals surface area contributed by atoms with Gasteiger partial charge in [0.25, 0.3) is 5.91 Å². The van der Waals surface area contributed by atoms with Crippen molar-refractivity contribution in [3.8, 4) is 11.5 Å². The van der Waals surface area contributed by atoms with Crippen LogP contribution in [0.15, 0.2) is 48.5 Å². The van der Waals surface area contributed by atoms with Crippen molar-refractivity contribution in [1.82, 2.24) is 5.32 Å². The number of esters is 1. The van der Waals surface area contributed by atoms with Gasteiger partial charge in [0.05, 0.1) is 7.11 Å². The molecule has 0 aliphatic rings. The van der Waals surface area contributed by atoms with Crippen LogP contribution in [0.1, 0.15) is 12.5 Å². The van der Waals surface area contributed by atoms with Gasteiger partial charge in [-0.05, 0) is 36.8 Å². The van der Waals surface area contributed by atoms with Crippen molar-refractivity contribution in [2.45, 2.75) is 19.6 Å². The second-order valence-electron chi connectivity index (χ2n) is 5.42. The zero-order chi connectivity index (χ0) is 18.9. The minimum Gasteiger partial charge on any atom is -0.497 e. The van der Waals surface area contributed by atoms with Crippen LogP contribution in [0.4, 0.5) is 4.39 Å². The number of halogens is 1. The van der Waals surface area contributed by atoms with Gasteiger partial charge in [-0.2, -0.15) is 0 Å². The lowest BCUT2D eigenvalue weighted by molar-refractivity contribution is -0.156. The molecule has 2 rings (SSSR count). The second kappa shape index (κ2) is 9.41. The second-order valence-corrected chi connectivity index (χ2v) is 5.42. The Balaban J connectivity index is 1.75. The molecule has 0 heterocycles. The van der Waals surface area contributed by atoms with E-state index in [1.54, 1.807) is 25.3 Å². The van der Waals surface area contributed by atoms with Crippen molar-refractivity contribution < 1.29 is 28.2 Å². The summed E-state index contributed by atoms with van der Waals surface area (Å²) in [6.07, 6.45) is -0.995. The zero-order valence-electron chi connectivity index (χ0n) is 14.5. The van der Waals surface area contributed by atoms with Gasteiger partial charge in [-0.15, -0.1) is 0 Å². The van der Waals surface area contributed by atoms with Gasteiger partial charge in [0.15, 0.2) is 24.3 Å². The molecule has 0 saturated heterocycles. The number of hydrogen-bond acceptors (Lipinski definition) is 5. The Morgan fingerprint density at radius 3 is 2.46 bits per heavy atom. The number of para-hydroxylation sites is 1. The summed E-state index contributed by atoms with van der Waals surface area (Å²) in [6.45, 7) is 1.25. The van der Waals surface area contributed by atoms with Crippen molar-refractivity contribution in [3.05, 3.63) is 59.9 Å². The standard InChI is InChI=1S/C19H20FNO5/c1-13(19(23)21-11-14-7-9-15(24-2)10-8-14)26-18(22)12-25-17-6-4-3-5-16(17)20/h3-10,13H,11-12H2,1-2H3,(H,21,23)/t13-/m1/s1. The number of benzene rings is 2. The maximum Gasteiger partial charge on any atom is 0.344 e. The number of carbonyl (C=O) groups is 2. The summed E-state index contributed by atoms with van der Waals surface area (Å²) >= 11 is 0. The van der Waals surface area contributed by atoms with E-state index in [4.69, 9.17) is 14.2 Å². The van der Waals surface area contributed by atoms with Gasteiger partial charge >= 0.3 is 5.97 Å². The molecule has 0 radical (unpaired) electrons. The van der Waals surface area contributed by atoms with E-state index in [1.165, 1.54) is 25.1 Å². The third-order valence-electron chi connectivity index (χ3n) is 3.49. The van der Waals surface area contributed by atoms with Crippen LogP contribution < -0.4 is 14.8 Å². The first kappa shape index (κ1) is 19.2. The first-order chi connectivity index (χ1) is 12.5. The predicted molar refractivity (Wildman–Crippen MR) is 92.3 cm³/mol. The maximum absolute atomic E-state index is 13.4. The number of methoxy groups -OCH3 is 1. The average Bonchev–Trinajstić information content (AvgIpc) is 2.65. The summed E-state index contributed by atoms with van der Waals surface area (Å²) < 4.78 is 28.5. The quantitative estimate of drug-likeness (QED) is 0.731. The van der Waals surface area contributed by atoms with Gasteiger partial charge in [0.1, 0.15) is 5.75 Å². The molecule has 1 amide bonds. The molecule has 1 atom stereocenters. The third-order valence-corrected chi connectivity index (χ3v) is 3.49. The maximum atomic E-state index is 13.4. The summed E-state index contributed by atoms with van der Waals surface area (Å²) in [5, 5.41) is 2.67. The molecule has 0 spiro atoms. The van der Waals surface area contributed by atoms with Crippen LogP contribution in [-0.4, -0.2) is 31.7 Å². The zero-order valence-corrected chi connectivity index (χ0v) is 14.5.